The summed E-state index contributed by atoms with van der Waals surface area (Å²) in [4.78, 5) is 15.7. The molecule has 0 aromatic carbocycles. The first kappa shape index (κ1) is 15.5. The second-order valence-corrected chi connectivity index (χ2v) is 5.77. The van der Waals surface area contributed by atoms with E-state index in [1.54, 1.807) is 4.90 Å². The van der Waals surface area contributed by atoms with E-state index in [-0.39, 0.29) is 12.2 Å². The van der Waals surface area contributed by atoms with Crippen LogP contribution in [0.15, 0.2) is 0 Å². The maximum absolute atomic E-state index is 11.6. The van der Waals surface area contributed by atoms with Gasteiger partial charge in [0.1, 0.15) is 0 Å². The lowest BCUT2D eigenvalue weighted by Crippen LogP contribution is -2.49. The molecule has 2 heterocycles. The maximum atomic E-state index is 11.6. The van der Waals surface area contributed by atoms with Gasteiger partial charge in [-0.05, 0) is 27.2 Å². The van der Waals surface area contributed by atoms with Crippen LogP contribution in [0.1, 0.15) is 27.2 Å². The van der Waals surface area contributed by atoms with Gasteiger partial charge in [0.2, 0.25) is 0 Å². The maximum Gasteiger partial charge on any atom is 0.409 e. The van der Waals surface area contributed by atoms with Crippen LogP contribution in [-0.4, -0.2) is 73.7 Å². The average molecular weight is 286 g/mol. The number of piperazine rings is 1. The van der Waals surface area contributed by atoms with Crippen LogP contribution in [0.25, 0.3) is 0 Å². The third-order valence-corrected chi connectivity index (χ3v) is 3.73. The molecule has 6 heteroatoms. The van der Waals surface area contributed by atoms with Crippen LogP contribution in [0.5, 0.6) is 0 Å². The third-order valence-electron chi connectivity index (χ3n) is 3.73. The number of ether oxygens (including phenoxy) is 3. The molecule has 0 aromatic rings. The standard InChI is InChI=1S/C14H26N2O4/c1-4-18-13(17)16-9-7-15(8-10-16)6-5-12-11-19-14(2,3)20-12/h12H,4-11H2,1-3H3. The summed E-state index contributed by atoms with van der Waals surface area (Å²) in [5.74, 6) is -0.437. The van der Waals surface area contributed by atoms with Crippen molar-refractivity contribution in [2.75, 3.05) is 45.9 Å². The molecule has 1 atom stereocenters. The summed E-state index contributed by atoms with van der Waals surface area (Å²) in [6.45, 7) is 11.1. The Morgan fingerprint density at radius 1 is 1.30 bits per heavy atom. The predicted octanol–water partition coefficient (Wildman–Crippen LogP) is 1.30. The van der Waals surface area contributed by atoms with Crippen LogP contribution in [0.3, 0.4) is 0 Å². The van der Waals surface area contributed by atoms with Crippen LogP contribution in [0.2, 0.25) is 0 Å². The summed E-state index contributed by atoms with van der Waals surface area (Å²) in [6.07, 6.45) is 0.970. The van der Waals surface area contributed by atoms with Crippen molar-refractivity contribution in [3.05, 3.63) is 0 Å². The van der Waals surface area contributed by atoms with E-state index < -0.39 is 5.79 Å². The highest BCUT2D eigenvalue weighted by atomic mass is 16.7. The SMILES string of the molecule is CCOC(=O)N1CCN(CCC2COC(C)(C)O2)CC1. The quantitative estimate of drug-likeness (QED) is 0.780. The number of carbonyl (C=O) groups is 1. The van der Waals surface area contributed by atoms with Crippen LogP contribution in [0, 0.1) is 0 Å². The van der Waals surface area contributed by atoms with Gasteiger partial charge in [-0.3, -0.25) is 4.90 Å². The summed E-state index contributed by atoms with van der Waals surface area (Å²) in [5.41, 5.74) is 0. The molecule has 116 valence electrons. The fourth-order valence-electron chi connectivity index (χ4n) is 2.60. The van der Waals surface area contributed by atoms with E-state index >= 15 is 0 Å². The molecule has 2 saturated heterocycles. The minimum absolute atomic E-state index is 0.188. The van der Waals surface area contributed by atoms with E-state index in [4.69, 9.17) is 14.2 Å². The highest BCUT2D eigenvalue weighted by Gasteiger charge is 2.32. The molecule has 1 unspecified atom stereocenters. The molecule has 0 saturated carbocycles. The van der Waals surface area contributed by atoms with Crippen molar-refractivity contribution in [1.82, 2.24) is 9.80 Å². The van der Waals surface area contributed by atoms with Crippen molar-refractivity contribution in [3.63, 3.8) is 0 Å². The average Bonchev–Trinajstić information content (AvgIpc) is 2.77. The molecule has 0 N–H and O–H groups in total. The van der Waals surface area contributed by atoms with Crippen LogP contribution < -0.4 is 0 Å². The molecule has 0 aliphatic carbocycles. The van der Waals surface area contributed by atoms with E-state index in [2.05, 4.69) is 4.90 Å². The Morgan fingerprint density at radius 2 is 2.00 bits per heavy atom. The molecule has 20 heavy (non-hydrogen) atoms. The molecule has 2 fully saturated rings. The third kappa shape index (κ3) is 4.33. The van der Waals surface area contributed by atoms with Crippen LogP contribution in [0.4, 0.5) is 4.79 Å². The molecule has 2 aliphatic heterocycles. The number of rotatable bonds is 4. The second kappa shape index (κ2) is 6.74. The molecule has 2 rings (SSSR count). The largest absolute Gasteiger partial charge is 0.450 e. The van der Waals surface area contributed by atoms with Gasteiger partial charge in [-0.2, -0.15) is 0 Å². The monoisotopic (exact) mass is 286 g/mol. The molecule has 6 nitrogen and oxygen atoms in total. The summed E-state index contributed by atoms with van der Waals surface area (Å²) in [6, 6.07) is 0. The molecule has 0 bridgehead atoms. The zero-order valence-corrected chi connectivity index (χ0v) is 12.8. The first-order valence-corrected chi connectivity index (χ1v) is 7.46. The van der Waals surface area contributed by atoms with Crippen molar-refractivity contribution in [3.8, 4) is 0 Å². The van der Waals surface area contributed by atoms with Crippen LogP contribution >= 0.6 is 0 Å². The molecule has 0 spiro atoms. The predicted molar refractivity (Wildman–Crippen MR) is 74.6 cm³/mol. The van der Waals surface area contributed by atoms with E-state index in [1.165, 1.54) is 0 Å². The second-order valence-electron chi connectivity index (χ2n) is 5.77. The van der Waals surface area contributed by atoms with Gasteiger partial charge in [-0.1, -0.05) is 0 Å². The van der Waals surface area contributed by atoms with Crippen LogP contribution in [-0.2, 0) is 14.2 Å². The molecule has 0 aromatic heterocycles. The number of nitrogens with zero attached hydrogens (tertiary/aromatic N) is 2. The Bertz CT molecular complexity index is 327. The van der Waals surface area contributed by atoms with E-state index in [0.29, 0.717) is 13.2 Å². The van der Waals surface area contributed by atoms with Crippen molar-refractivity contribution < 1.29 is 19.0 Å². The van der Waals surface area contributed by atoms with Gasteiger partial charge in [0.05, 0.1) is 19.3 Å². The Hall–Kier alpha value is -0.850. The van der Waals surface area contributed by atoms with Gasteiger partial charge in [0, 0.05) is 32.7 Å². The van der Waals surface area contributed by atoms with E-state index in [9.17, 15) is 4.79 Å². The van der Waals surface area contributed by atoms with Crippen molar-refractivity contribution in [2.45, 2.75) is 39.1 Å². The summed E-state index contributed by atoms with van der Waals surface area (Å²) in [7, 11) is 0. The zero-order valence-electron chi connectivity index (χ0n) is 12.8. The van der Waals surface area contributed by atoms with Crippen molar-refractivity contribution in [1.29, 1.82) is 0 Å². The molecular weight excluding hydrogens is 260 g/mol. The highest BCUT2D eigenvalue weighted by molar-refractivity contribution is 5.67. The minimum Gasteiger partial charge on any atom is -0.450 e. The lowest BCUT2D eigenvalue weighted by Gasteiger charge is -2.34. The minimum atomic E-state index is -0.437. The lowest BCUT2D eigenvalue weighted by atomic mass is 10.2. The molecule has 2 aliphatic rings. The smallest absolute Gasteiger partial charge is 0.409 e. The number of carbonyl (C=O) groups excluding carboxylic acids is 1. The number of hydrogen-bond donors (Lipinski definition) is 0. The Balaban J connectivity index is 1.64. The number of hydrogen-bond acceptors (Lipinski definition) is 5. The summed E-state index contributed by atoms with van der Waals surface area (Å²) >= 11 is 0. The van der Waals surface area contributed by atoms with Crippen molar-refractivity contribution in [2.24, 2.45) is 0 Å². The Labute approximate surface area is 120 Å². The van der Waals surface area contributed by atoms with Gasteiger partial charge in [0.25, 0.3) is 0 Å². The van der Waals surface area contributed by atoms with Crippen molar-refractivity contribution >= 4 is 6.09 Å². The topological polar surface area (TPSA) is 51.2 Å². The fourth-order valence-corrected chi connectivity index (χ4v) is 2.60. The summed E-state index contributed by atoms with van der Waals surface area (Å²) < 4.78 is 16.4. The van der Waals surface area contributed by atoms with Gasteiger partial charge < -0.3 is 19.1 Å². The molecular formula is C14H26N2O4. The first-order chi connectivity index (χ1) is 9.50. The van der Waals surface area contributed by atoms with Gasteiger partial charge >= 0.3 is 6.09 Å². The van der Waals surface area contributed by atoms with E-state index in [1.807, 2.05) is 20.8 Å². The van der Waals surface area contributed by atoms with Gasteiger partial charge in [-0.15, -0.1) is 0 Å². The normalized spacial score (nSPS) is 26.8. The van der Waals surface area contributed by atoms with Gasteiger partial charge in [-0.25, -0.2) is 4.79 Å². The summed E-state index contributed by atoms with van der Waals surface area (Å²) in [5, 5.41) is 0. The van der Waals surface area contributed by atoms with Gasteiger partial charge in [0.15, 0.2) is 5.79 Å². The lowest BCUT2D eigenvalue weighted by molar-refractivity contribution is -0.139. The molecule has 1 amide bonds. The zero-order chi connectivity index (χ0) is 14.6. The van der Waals surface area contributed by atoms with E-state index in [0.717, 1.165) is 39.1 Å². The fraction of sp³-hybridized carbons (Fsp3) is 0.929. The Kier molecular flexibility index (Phi) is 5.23. The molecule has 0 radical (unpaired) electrons. The number of amides is 1. The Morgan fingerprint density at radius 3 is 2.55 bits per heavy atom. The first-order valence-electron chi connectivity index (χ1n) is 7.46. The highest BCUT2D eigenvalue weighted by Crippen LogP contribution is 2.24.